The second-order valence-electron chi connectivity index (χ2n) is 5.64. The molecule has 0 amide bonds. The fourth-order valence-electron chi connectivity index (χ4n) is 2.80. The van der Waals surface area contributed by atoms with Gasteiger partial charge in [0.05, 0.1) is 13.0 Å². The molecule has 0 spiro atoms. The van der Waals surface area contributed by atoms with E-state index >= 15 is 0 Å². The minimum Gasteiger partial charge on any atom is -0.489 e. The number of halogens is 1. The molecule has 0 aromatic heterocycles. The van der Waals surface area contributed by atoms with E-state index in [1.807, 2.05) is 24.3 Å². The number of hydrogen-bond donors (Lipinski definition) is 0. The van der Waals surface area contributed by atoms with Crippen LogP contribution in [0.2, 0.25) is 0 Å². The maximum atomic E-state index is 11.7. The number of allylic oxidation sites excluding steroid dienone is 1. The fourth-order valence-corrected chi connectivity index (χ4v) is 3.48. The summed E-state index contributed by atoms with van der Waals surface area (Å²) in [4.78, 5) is 11.7. The van der Waals surface area contributed by atoms with Gasteiger partial charge in [-0.25, -0.2) is 0 Å². The molecule has 0 N–H and O–H groups in total. The molecular formula is C20H19BrO3. The van der Waals surface area contributed by atoms with Crippen molar-refractivity contribution in [1.29, 1.82) is 0 Å². The van der Waals surface area contributed by atoms with Crippen LogP contribution in [0, 0.1) is 0 Å². The van der Waals surface area contributed by atoms with E-state index in [1.54, 1.807) is 6.92 Å². The molecule has 3 rings (SSSR count). The van der Waals surface area contributed by atoms with Crippen molar-refractivity contribution in [2.45, 2.75) is 26.4 Å². The van der Waals surface area contributed by atoms with Crippen molar-refractivity contribution in [2.75, 3.05) is 6.61 Å². The predicted octanol–water partition coefficient (Wildman–Crippen LogP) is 4.70. The Bertz CT molecular complexity index is 780. The van der Waals surface area contributed by atoms with Crippen molar-refractivity contribution in [3.05, 3.63) is 69.2 Å². The predicted molar refractivity (Wildman–Crippen MR) is 98.0 cm³/mol. The van der Waals surface area contributed by atoms with Gasteiger partial charge in [0.15, 0.2) is 0 Å². The van der Waals surface area contributed by atoms with Crippen LogP contribution in [-0.2, 0) is 29.0 Å². The number of ether oxygens (including phenoxy) is 2. The molecule has 1 aliphatic rings. The summed E-state index contributed by atoms with van der Waals surface area (Å²) in [5, 5.41) is 0. The number of para-hydroxylation sites is 1. The molecule has 2 aromatic rings. The van der Waals surface area contributed by atoms with Gasteiger partial charge in [-0.1, -0.05) is 52.3 Å². The number of carbonyl (C=O) groups is 1. The zero-order valence-corrected chi connectivity index (χ0v) is 15.1. The number of fused-ring (bicyclic) bond motifs is 1. The van der Waals surface area contributed by atoms with Gasteiger partial charge in [0.2, 0.25) is 0 Å². The first-order chi connectivity index (χ1) is 11.7. The van der Waals surface area contributed by atoms with E-state index in [1.165, 1.54) is 11.1 Å². The molecule has 3 nitrogen and oxygen atoms in total. The molecule has 0 atom stereocenters. The van der Waals surface area contributed by atoms with Gasteiger partial charge in [0, 0.05) is 10.0 Å². The fraction of sp³-hybridized carbons (Fsp3) is 0.250. The minimum absolute atomic E-state index is 0.224. The molecule has 0 saturated heterocycles. The maximum absolute atomic E-state index is 11.7. The Hall–Kier alpha value is -2.07. The van der Waals surface area contributed by atoms with Gasteiger partial charge in [0.1, 0.15) is 12.4 Å². The zero-order valence-electron chi connectivity index (χ0n) is 13.5. The van der Waals surface area contributed by atoms with E-state index in [0.29, 0.717) is 13.2 Å². The van der Waals surface area contributed by atoms with Crippen LogP contribution < -0.4 is 4.74 Å². The van der Waals surface area contributed by atoms with Gasteiger partial charge in [-0.15, -0.1) is 0 Å². The standard InChI is InChI=1S/C20H19BrO3/c1-2-23-20(22)12-16-6-3-4-9-19(16)24-13-14-10-15-7-5-8-17(15)18(21)11-14/h3-6,8-11H,2,7,12-13H2,1H3. The summed E-state index contributed by atoms with van der Waals surface area (Å²) in [5.41, 5.74) is 4.51. The van der Waals surface area contributed by atoms with Crippen LogP contribution in [0.25, 0.3) is 6.08 Å². The first-order valence-electron chi connectivity index (χ1n) is 8.01. The summed E-state index contributed by atoms with van der Waals surface area (Å²) in [5.74, 6) is 0.486. The van der Waals surface area contributed by atoms with E-state index in [0.717, 1.165) is 27.8 Å². The van der Waals surface area contributed by atoms with E-state index in [2.05, 4.69) is 40.2 Å². The third kappa shape index (κ3) is 3.88. The zero-order chi connectivity index (χ0) is 16.9. The van der Waals surface area contributed by atoms with Crippen LogP contribution >= 0.6 is 15.9 Å². The quantitative estimate of drug-likeness (QED) is 0.674. The van der Waals surface area contributed by atoms with Gasteiger partial charge in [-0.05, 0) is 42.2 Å². The molecule has 124 valence electrons. The number of hydrogen-bond acceptors (Lipinski definition) is 3. The van der Waals surface area contributed by atoms with Crippen LogP contribution in [0.1, 0.15) is 29.2 Å². The lowest BCUT2D eigenvalue weighted by Crippen LogP contribution is -2.09. The summed E-state index contributed by atoms with van der Waals surface area (Å²) < 4.78 is 12.1. The second-order valence-corrected chi connectivity index (χ2v) is 6.49. The Kier molecular flexibility index (Phi) is 5.36. The molecule has 0 aliphatic heterocycles. The van der Waals surface area contributed by atoms with Crippen molar-refractivity contribution >= 4 is 28.0 Å². The topological polar surface area (TPSA) is 35.5 Å². The smallest absolute Gasteiger partial charge is 0.310 e. The Balaban J connectivity index is 1.71. The largest absolute Gasteiger partial charge is 0.489 e. The van der Waals surface area contributed by atoms with Gasteiger partial charge in [-0.2, -0.15) is 0 Å². The van der Waals surface area contributed by atoms with Crippen LogP contribution in [0.15, 0.2) is 46.9 Å². The SMILES string of the molecule is CCOC(=O)Cc1ccccc1OCc1cc(Br)c2c(c1)CC=C2. The highest BCUT2D eigenvalue weighted by Gasteiger charge is 2.12. The average Bonchev–Trinajstić information content (AvgIpc) is 3.03. The number of rotatable bonds is 6. The van der Waals surface area contributed by atoms with Gasteiger partial charge in [0.25, 0.3) is 0 Å². The Morgan fingerprint density at radius 1 is 1.25 bits per heavy atom. The number of esters is 1. The monoisotopic (exact) mass is 386 g/mol. The van der Waals surface area contributed by atoms with Crippen molar-refractivity contribution in [3.63, 3.8) is 0 Å². The van der Waals surface area contributed by atoms with Crippen LogP contribution in [-0.4, -0.2) is 12.6 Å². The summed E-state index contributed by atoms with van der Waals surface area (Å²) in [7, 11) is 0. The molecule has 1 aliphatic carbocycles. The maximum Gasteiger partial charge on any atom is 0.310 e. The van der Waals surface area contributed by atoms with Crippen molar-refractivity contribution < 1.29 is 14.3 Å². The highest BCUT2D eigenvalue weighted by molar-refractivity contribution is 9.10. The van der Waals surface area contributed by atoms with Gasteiger partial charge < -0.3 is 9.47 Å². The molecule has 2 aromatic carbocycles. The molecule has 0 heterocycles. The summed E-state index contributed by atoms with van der Waals surface area (Å²) in [6.07, 6.45) is 5.48. The van der Waals surface area contributed by atoms with Crippen LogP contribution in [0.4, 0.5) is 0 Å². The molecular weight excluding hydrogens is 368 g/mol. The van der Waals surface area contributed by atoms with Gasteiger partial charge in [-0.3, -0.25) is 4.79 Å². The highest BCUT2D eigenvalue weighted by Crippen LogP contribution is 2.30. The Morgan fingerprint density at radius 3 is 2.92 bits per heavy atom. The van der Waals surface area contributed by atoms with Crippen molar-refractivity contribution in [3.8, 4) is 5.75 Å². The third-order valence-electron chi connectivity index (χ3n) is 3.90. The van der Waals surface area contributed by atoms with Gasteiger partial charge >= 0.3 is 5.97 Å². The van der Waals surface area contributed by atoms with Crippen molar-refractivity contribution in [1.82, 2.24) is 0 Å². The summed E-state index contributed by atoms with van der Waals surface area (Å²) in [6, 6.07) is 11.9. The van der Waals surface area contributed by atoms with E-state index in [-0.39, 0.29) is 12.4 Å². The number of benzene rings is 2. The normalized spacial score (nSPS) is 12.1. The number of carbonyl (C=O) groups excluding carboxylic acids is 1. The molecule has 24 heavy (non-hydrogen) atoms. The highest BCUT2D eigenvalue weighted by atomic mass is 79.9. The second kappa shape index (κ2) is 7.67. The summed E-state index contributed by atoms with van der Waals surface area (Å²) >= 11 is 3.62. The van der Waals surface area contributed by atoms with Crippen LogP contribution in [0.3, 0.4) is 0 Å². The lowest BCUT2D eigenvalue weighted by Gasteiger charge is -2.13. The Morgan fingerprint density at radius 2 is 2.08 bits per heavy atom. The first-order valence-corrected chi connectivity index (χ1v) is 8.81. The van der Waals surface area contributed by atoms with E-state index in [9.17, 15) is 4.79 Å². The summed E-state index contributed by atoms with van der Waals surface area (Å²) in [6.45, 7) is 2.66. The lowest BCUT2D eigenvalue weighted by molar-refractivity contribution is -0.142. The molecule has 4 heteroatoms. The van der Waals surface area contributed by atoms with Crippen LogP contribution in [0.5, 0.6) is 5.75 Å². The Labute approximate surface area is 150 Å². The first kappa shape index (κ1) is 16.8. The average molecular weight is 387 g/mol. The van der Waals surface area contributed by atoms with Crippen molar-refractivity contribution in [2.24, 2.45) is 0 Å². The molecule has 0 saturated carbocycles. The molecule has 0 radical (unpaired) electrons. The lowest BCUT2D eigenvalue weighted by atomic mass is 10.1. The molecule has 0 unspecified atom stereocenters. The molecule has 0 fully saturated rings. The van der Waals surface area contributed by atoms with E-state index in [4.69, 9.17) is 9.47 Å². The minimum atomic E-state index is -0.236. The molecule has 0 bridgehead atoms. The van der Waals surface area contributed by atoms with E-state index < -0.39 is 0 Å². The third-order valence-corrected chi connectivity index (χ3v) is 4.56.